The molecule has 3 aromatic carbocycles. The fourth-order valence-corrected chi connectivity index (χ4v) is 5.00. The average Bonchev–Trinajstić information content (AvgIpc) is 3.03. The van der Waals surface area contributed by atoms with Crippen molar-refractivity contribution in [3.05, 3.63) is 94.5 Å². The number of carbonyl (C=O) groups is 2. The molecule has 162 valence electrons. The number of para-hydroxylation sites is 2. The number of benzene rings is 3. The van der Waals surface area contributed by atoms with Crippen LogP contribution in [-0.4, -0.2) is 17.4 Å². The quantitative estimate of drug-likeness (QED) is 0.373. The van der Waals surface area contributed by atoms with E-state index < -0.39 is 22.9 Å². The number of esters is 1. The number of rotatable bonds is 2. The molecular formula is C28H26O4. The van der Waals surface area contributed by atoms with Gasteiger partial charge in [-0.1, -0.05) is 54.1 Å². The van der Waals surface area contributed by atoms with Crippen molar-refractivity contribution in [1.29, 1.82) is 0 Å². The van der Waals surface area contributed by atoms with Crippen molar-refractivity contribution in [2.45, 2.75) is 45.6 Å². The minimum Gasteiger partial charge on any atom is -0.459 e. The smallest absolute Gasteiger partial charge is 0.321 e. The molecule has 1 heterocycles. The molecule has 0 radical (unpaired) electrons. The van der Waals surface area contributed by atoms with Crippen LogP contribution >= 0.6 is 0 Å². The Balaban J connectivity index is 1.79. The molecule has 5 rings (SSSR count). The number of ketones is 1. The van der Waals surface area contributed by atoms with Gasteiger partial charge in [0.05, 0.1) is 0 Å². The predicted octanol–water partition coefficient (Wildman–Crippen LogP) is 6.00. The summed E-state index contributed by atoms with van der Waals surface area (Å²) < 4.78 is 12.1. The molecule has 0 saturated heterocycles. The van der Waals surface area contributed by atoms with E-state index in [4.69, 9.17) is 9.47 Å². The van der Waals surface area contributed by atoms with Crippen LogP contribution in [0.5, 0.6) is 11.5 Å². The van der Waals surface area contributed by atoms with Gasteiger partial charge >= 0.3 is 5.97 Å². The highest BCUT2D eigenvalue weighted by Crippen LogP contribution is 2.57. The Hall–Kier alpha value is -3.40. The van der Waals surface area contributed by atoms with E-state index in [2.05, 4.69) is 0 Å². The molecule has 0 amide bonds. The lowest BCUT2D eigenvalue weighted by Crippen LogP contribution is -2.47. The van der Waals surface area contributed by atoms with Crippen LogP contribution < -0.4 is 4.74 Å². The van der Waals surface area contributed by atoms with Crippen LogP contribution in [0.3, 0.4) is 0 Å². The monoisotopic (exact) mass is 426 g/mol. The van der Waals surface area contributed by atoms with E-state index in [0.29, 0.717) is 23.5 Å². The Labute approximate surface area is 188 Å². The Bertz CT molecular complexity index is 1200. The zero-order valence-corrected chi connectivity index (χ0v) is 18.8. The molecule has 0 aromatic heterocycles. The minimum atomic E-state index is -1.40. The van der Waals surface area contributed by atoms with Gasteiger partial charge in [-0.25, -0.2) is 0 Å². The van der Waals surface area contributed by atoms with E-state index in [0.717, 1.165) is 22.3 Å². The minimum absolute atomic E-state index is 0.179. The molecule has 1 atom stereocenters. The summed E-state index contributed by atoms with van der Waals surface area (Å²) in [6.07, 6.45) is 0.295. The third-order valence-electron chi connectivity index (χ3n) is 6.32. The highest BCUT2D eigenvalue weighted by Gasteiger charge is 2.60. The maximum atomic E-state index is 14.2. The normalized spacial score (nSPS) is 19.6. The van der Waals surface area contributed by atoms with Crippen LogP contribution in [0.25, 0.3) is 0 Å². The molecule has 0 spiro atoms. The van der Waals surface area contributed by atoms with Gasteiger partial charge < -0.3 is 9.47 Å². The van der Waals surface area contributed by atoms with E-state index in [-0.39, 0.29) is 5.78 Å². The lowest BCUT2D eigenvalue weighted by Gasteiger charge is -2.39. The summed E-state index contributed by atoms with van der Waals surface area (Å²) in [4.78, 5) is 28.2. The highest BCUT2D eigenvalue weighted by molar-refractivity contribution is 6.17. The lowest BCUT2D eigenvalue weighted by molar-refractivity contribution is -0.165. The number of carbonyl (C=O) groups excluding carboxylic acids is 2. The fraction of sp³-hybridized carbons (Fsp3) is 0.286. The summed E-state index contributed by atoms with van der Waals surface area (Å²) >= 11 is 0. The van der Waals surface area contributed by atoms with Crippen molar-refractivity contribution in [3.8, 4) is 11.5 Å². The first-order valence-electron chi connectivity index (χ1n) is 10.9. The fourth-order valence-electron chi connectivity index (χ4n) is 5.00. The zero-order chi connectivity index (χ0) is 22.7. The summed E-state index contributed by atoms with van der Waals surface area (Å²) in [5.41, 5.74) is 2.01. The van der Waals surface area contributed by atoms with Crippen LogP contribution in [0.15, 0.2) is 66.7 Å². The van der Waals surface area contributed by atoms with E-state index in [9.17, 15) is 9.59 Å². The van der Waals surface area contributed by atoms with Crippen LogP contribution in [0.2, 0.25) is 0 Å². The molecule has 0 N–H and O–H groups in total. The highest BCUT2D eigenvalue weighted by atomic mass is 16.6. The first-order chi connectivity index (χ1) is 15.2. The Morgan fingerprint density at radius 3 is 2.16 bits per heavy atom. The largest absolute Gasteiger partial charge is 0.459 e. The van der Waals surface area contributed by atoms with Gasteiger partial charge in [-0.3, -0.25) is 9.59 Å². The van der Waals surface area contributed by atoms with Crippen molar-refractivity contribution in [2.75, 3.05) is 0 Å². The SMILES string of the molecule is Cc1ccc2c(c1)C(=O)[C@](C(=O)OC(C)(C)C)(C1c3ccccc3Oc3ccccc31)C2. The van der Waals surface area contributed by atoms with Crippen molar-refractivity contribution >= 4 is 11.8 Å². The Morgan fingerprint density at radius 2 is 1.56 bits per heavy atom. The molecule has 0 saturated carbocycles. The summed E-state index contributed by atoms with van der Waals surface area (Å²) in [7, 11) is 0. The molecule has 1 aliphatic carbocycles. The predicted molar refractivity (Wildman–Crippen MR) is 122 cm³/mol. The summed E-state index contributed by atoms with van der Waals surface area (Å²) in [6.45, 7) is 7.46. The molecule has 1 aliphatic heterocycles. The van der Waals surface area contributed by atoms with E-state index in [1.54, 1.807) is 0 Å². The topological polar surface area (TPSA) is 52.6 Å². The second-order valence-electron chi connectivity index (χ2n) is 9.75. The van der Waals surface area contributed by atoms with Crippen LogP contribution in [0.4, 0.5) is 0 Å². The molecule has 3 aromatic rings. The molecule has 2 aliphatic rings. The van der Waals surface area contributed by atoms with Crippen LogP contribution in [0.1, 0.15) is 59.3 Å². The Kier molecular flexibility index (Phi) is 4.52. The zero-order valence-electron chi connectivity index (χ0n) is 18.8. The number of fused-ring (bicyclic) bond motifs is 3. The second-order valence-corrected chi connectivity index (χ2v) is 9.75. The van der Waals surface area contributed by atoms with Gasteiger partial charge in [0.25, 0.3) is 0 Å². The third kappa shape index (κ3) is 3.05. The summed E-state index contributed by atoms with van der Waals surface area (Å²) in [6, 6.07) is 21.2. The third-order valence-corrected chi connectivity index (χ3v) is 6.32. The first-order valence-corrected chi connectivity index (χ1v) is 10.9. The van der Waals surface area contributed by atoms with Crippen molar-refractivity contribution in [2.24, 2.45) is 5.41 Å². The number of ether oxygens (including phenoxy) is 2. The van der Waals surface area contributed by atoms with Gasteiger partial charge in [-0.05, 0) is 57.9 Å². The van der Waals surface area contributed by atoms with E-state index in [1.165, 1.54) is 0 Å². The van der Waals surface area contributed by atoms with Gasteiger partial charge in [0.15, 0.2) is 5.78 Å². The van der Waals surface area contributed by atoms with Crippen molar-refractivity contribution in [3.63, 3.8) is 0 Å². The number of aryl methyl sites for hydroxylation is 1. The second kappa shape index (κ2) is 7.06. The molecular weight excluding hydrogens is 400 g/mol. The number of Topliss-reactive ketones (excluding diaryl/α,β-unsaturated/α-hetero) is 1. The Morgan fingerprint density at radius 1 is 0.969 bits per heavy atom. The maximum Gasteiger partial charge on any atom is 0.321 e. The van der Waals surface area contributed by atoms with E-state index in [1.807, 2.05) is 94.4 Å². The molecule has 4 nitrogen and oxygen atoms in total. The maximum absolute atomic E-state index is 14.2. The van der Waals surface area contributed by atoms with E-state index >= 15 is 0 Å². The summed E-state index contributed by atoms with van der Waals surface area (Å²) in [5, 5.41) is 0. The standard InChI is InChI=1S/C28H26O4/c1-17-13-14-18-16-28(25(29)21(18)15-17,26(30)32-27(2,3)4)24-19-9-5-7-11-22(19)31-23-12-8-6-10-20(23)24/h5-15,24H,16H2,1-4H3/t28-/m1/s1. The molecule has 4 heteroatoms. The van der Waals surface area contributed by atoms with Gasteiger partial charge in [0, 0.05) is 22.6 Å². The van der Waals surface area contributed by atoms with Crippen LogP contribution in [-0.2, 0) is 16.0 Å². The molecule has 0 fully saturated rings. The van der Waals surface area contributed by atoms with Gasteiger partial charge in [0.1, 0.15) is 22.5 Å². The molecule has 0 unspecified atom stereocenters. The number of hydrogen-bond acceptors (Lipinski definition) is 4. The van der Waals surface area contributed by atoms with Gasteiger partial charge in [-0.2, -0.15) is 0 Å². The molecule has 0 bridgehead atoms. The van der Waals surface area contributed by atoms with Crippen molar-refractivity contribution in [1.82, 2.24) is 0 Å². The van der Waals surface area contributed by atoms with Gasteiger partial charge in [0.2, 0.25) is 0 Å². The summed E-state index contributed by atoms with van der Waals surface area (Å²) in [5.74, 6) is 0.152. The van der Waals surface area contributed by atoms with Gasteiger partial charge in [-0.15, -0.1) is 0 Å². The van der Waals surface area contributed by atoms with Crippen molar-refractivity contribution < 1.29 is 19.1 Å². The number of hydrogen-bond donors (Lipinski definition) is 0. The first kappa shape index (κ1) is 20.5. The average molecular weight is 427 g/mol. The molecule has 32 heavy (non-hydrogen) atoms. The van der Waals surface area contributed by atoms with Crippen LogP contribution in [0, 0.1) is 12.3 Å². The lowest BCUT2D eigenvalue weighted by atomic mass is 9.65.